The van der Waals surface area contributed by atoms with Gasteiger partial charge >= 0.3 is 6.18 Å². The number of fused-ring (bicyclic) bond motifs is 1. The van der Waals surface area contributed by atoms with Crippen LogP contribution in [0.15, 0.2) is 42.5 Å². The summed E-state index contributed by atoms with van der Waals surface area (Å²) in [5.41, 5.74) is 7.16. The quantitative estimate of drug-likeness (QED) is 0.709. The number of halogens is 3. The second kappa shape index (κ2) is 5.04. The third-order valence-corrected chi connectivity index (χ3v) is 4.19. The molecule has 3 rings (SSSR count). The zero-order chi connectivity index (χ0) is 15.0. The lowest BCUT2D eigenvalue weighted by Crippen LogP contribution is -2.03. The van der Waals surface area contributed by atoms with Crippen molar-refractivity contribution in [3.63, 3.8) is 0 Å². The average molecular weight is 308 g/mol. The molecule has 0 aliphatic rings. The summed E-state index contributed by atoms with van der Waals surface area (Å²) in [6, 6.07) is 11.0. The third-order valence-electron chi connectivity index (χ3n) is 3.16. The fourth-order valence-electron chi connectivity index (χ4n) is 2.09. The highest BCUT2D eigenvalue weighted by molar-refractivity contribution is 7.18. The summed E-state index contributed by atoms with van der Waals surface area (Å²) in [5, 5.41) is 0.752. The largest absolute Gasteiger partial charge is 0.416 e. The van der Waals surface area contributed by atoms with Crippen LogP contribution in [0, 0.1) is 0 Å². The molecule has 1 aromatic heterocycles. The number of rotatable bonds is 2. The number of para-hydroxylation sites is 1. The number of alkyl halides is 3. The van der Waals surface area contributed by atoms with Gasteiger partial charge in [-0.3, -0.25) is 0 Å². The molecule has 6 heteroatoms. The zero-order valence-electron chi connectivity index (χ0n) is 10.8. The summed E-state index contributed by atoms with van der Waals surface area (Å²) in [4.78, 5) is 4.29. The molecular weight excluding hydrogens is 297 g/mol. The van der Waals surface area contributed by atoms with Crippen LogP contribution in [0.3, 0.4) is 0 Å². The maximum Gasteiger partial charge on any atom is 0.416 e. The topological polar surface area (TPSA) is 38.9 Å². The number of aromatic nitrogens is 1. The first-order valence-electron chi connectivity index (χ1n) is 6.23. The maximum absolute atomic E-state index is 12.7. The number of nitrogen functional groups attached to an aromatic ring is 1. The van der Waals surface area contributed by atoms with Crippen molar-refractivity contribution < 1.29 is 13.2 Å². The monoisotopic (exact) mass is 308 g/mol. The molecule has 0 aliphatic heterocycles. The zero-order valence-corrected chi connectivity index (χ0v) is 11.6. The van der Waals surface area contributed by atoms with Gasteiger partial charge in [-0.25, -0.2) is 4.98 Å². The van der Waals surface area contributed by atoms with Crippen molar-refractivity contribution in [2.75, 3.05) is 5.73 Å². The fourth-order valence-corrected chi connectivity index (χ4v) is 3.06. The van der Waals surface area contributed by atoms with E-state index in [1.807, 2.05) is 18.2 Å². The van der Waals surface area contributed by atoms with Crippen LogP contribution in [-0.4, -0.2) is 4.98 Å². The lowest BCUT2D eigenvalue weighted by Gasteiger charge is -2.04. The minimum atomic E-state index is -4.35. The van der Waals surface area contributed by atoms with Crippen LogP contribution in [0.2, 0.25) is 0 Å². The Bertz CT molecular complexity index is 793. The highest BCUT2D eigenvalue weighted by atomic mass is 32.1. The van der Waals surface area contributed by atoms with E-state index in [1.54, 1.807) is 6.07 Å². The van der Waals surface area contributed by atoms with Gasteiger partial charge in [-0.15, -0.1) is 11.3 Å². The third kappa shape index (κ3) is 2.85. The molecule has 2 N–H and O–H groups in total. The molecule has 0 radical (unpaired) electrons. The Morgan fingerprint density at radius 2 is 1.86 bits per heavy atom. The normalized spacial score (nSPS) is 12.0. The van der Waals surface area contributed by atoms with Crippen molar-refractivity contribution >= 4 is 27.2 Å². The van der Waals surface area contributed by atoms with Gasteiger partial charge in [0.15, 0.2) is 0 Å². The number of hydrogen-bond acceptors (Lipinski definition) is 3. The molecule has 108 valence electrons. The second-order valence-corrected chi connectivity index (χ2v) is 5.78. The molecule has 0 fully saturated rings. The molecular formula is C15H11F3N2S. The van der Waals surface area contributed by atoms with E-state index >= 15 is 0 Å². The van der Waals surface area contributed by atoms with Gasteiger partial charge in [-0.05, 0) is 29.8 Å². The predicted molar refractivity (Wildman–Crippen MR) is 78.3 cm³/mol. The Kier molecular flexibility index (Phi) is 3.33. The van der Waals surface area contributed by atoms with Crippen molar-refractivity contribution in [1.29, 1.82) is 0 Å². The molecule has 0 atom stereocenters. The highest BCUT2D eigenvalue weighted by Gasteiger charge is 2.30. The molecule has 0 saturated carbocycles. The lowest BCUT2D eigenvalue weighted by molar-refractivity contribution is -0.137. The Labute approximate surface area is 123 Å². The molecule has 0 aliphatic carbocycles. The summed E-state index contributed by atoms with van der Waals surface area (Å²) in [6.07, 6.45) is -3.82. The van der Waals surface area contributed by atoms with E-state index in [0.29, 0.717) is 17.6 Å². The summed E-state index contributed by atoms with van der Waals surface area (Å²) in [6.45, 7) is 0. The molecule has 3 aromatic rings. The molecule has 0 unspecified atom stereocenters. The Morgan fingerprint density at radius 1 is 1.10 bits per heavy atom. The Hall–Kier alpha value is -2.08. The molecule has 2 aromatic carbocycles. The summed E-state index contributed by atoms with van der Waals surface area (Å²) < 4.78 is 38.8. The van der Waals surface area contributed by atoms with Crippen LogP contribution in [-0.2, 0) is 12.6 Å². The number of anilines is 1. The first-order chi connectivity index (χ1) is 9.93. The van der Waals surface area contributed by atoms with Gasteiger partial charge in [0, 0.05) is 12.1 Å². The predicted octanol–water partition coefficient (Wildman–Crippen LogP) is 4.49. The van der Waals surface area contributed by atoms with E-state index < -0.39 is 11.7 Å². The minimum Gasteiger partial charge on any atom is -0.398 e. The maximum atomic E-state index is 12.7. The smallest absolute Gasteiger partial charge is 0.398 e. The van der Waals surface area contributed by atoms with Crippen molar-refractivity contribution in [2.24, 2.45) is 0 Å². The van der Waals surface area contributed by atoms with E-state index in [1.165, 1.54) is 17.4 Å². The van der Waals surface area contributed by atoms with E-state index in [4.69, 9.17) is 5.73 Å². The SMILES string of the molecule is Nc1ccccc1Cc1nc2cc(C(F)(F)F)ccc2s1. The second-order valence-electron chi connectivity index (χ2n) is 4.66. The van der Waals surface area contributed by atoms with Gasteiger partial charge in [0.2, 0.25) is 0 Å². The van der Waals surface area contributed by atoms with Crippen LogP contribution in [0.5, 0.6) is 0 Å². The molecule has 0 amide bonds. The lowest BCUT2D eigenvalue weighted by atomic mass is 10.1. The summed E-state index contributed by atoms with van der Waals surface area (Å²) in [7, 11) is 0. The van der Waals surface area contributed by atoms with Crippen molar-refractivity contribution in [3.05, 3.63) is 58.6 Å². The molecule has 0 saturated heterocycles. The van der Waals surface area contributed by atoms with Crippen LogP contribution in [0.1, 0.15) is 16.1 Å². The van der Waals surface area contributed by atoms with Gasteiger partial charge in [0.05, 0.1) is 20.8 Å². The first kappa shape index (κ1) is 13.9. The number of thiazole rings is 1. The van der Waals surface area contributed by atoms with E-state index in [2.05, 4.69) is 4.98 Å². The van der Waals surface area contributed by atoms with E-state index in [0.717, 1.165) is 27.4 Å². The standard InChI is InChI=1S/C15H11F3N2S/c16-15(17,18)10-5-6-13-12(8-10)20-14(21-13)7-9-3-1-2-4-11(9)19/h1-6,8H,7,19H2. The minimum absolute atomic E-state index is 0.374. The number of nitrogens with two attached hydrogens (primary N) is 1. The molecule has 2 nitrogen and oxygen atoms in total. The van der Waals surface area contributed by atoms with Crippen molar-refractivity contribution in [3.8, 4) is 0 Å². The fraction of sp³-hybridized carbons (Fsp3) is 0.133. The Morgan fingerprint density at radius 3 is 2.57 bits per heavy atom. The summed E-state index contributed by atoms with van der Waals surface area (Å²) >= 11 is 1.39. The van der Waals surface area contributed by atoms with Gasteiger partial charge in [-0.1, -0.05) is 18.2 Å². The van der Waals surface area contributed by atoms with Crippen molar-refractivity contribution in [1.82, 2.24) is 4.98 Å². The molecule has 1 heterocycles. The van der Waals surface area contributed by atoms with Gasteiger partial charge in [-0.2, -0.15) is 13.2 Å². The van der Waals surface area contributed by atoms with Crippen molar-refractivity contribution in [2.45, 2.75) is 12.6 Å². The van der Waals surface area contributed by atoms with E-state index in [-0.39, 0.29) is 0 Å². The van der Waals surface area contributed by atoms with Crippen LogP contribution in [0.25, 0.3) is 10.2 Å². The van der Waals surface area contributed by atoms with Gasteiger partial charge in [0.25, 0.3) is 0 Å². The number of hydrogen-bond donors (Lipinski definition) is 1. The van der Waals surface area contributed by atoms with Crippen LogP contribution < -0.4 is 5.73 Å². The molecule has 0 bridgehead atoms. The molecule has 21 heavy (non-hydrogen) atoms. The number of benzene rings is 2. The van der Waals surface area contributed by atoms with Crippen LogP contribution in [0.4, 0.5) is 18.9 Å². The first-order valence-corrected chi connectivity index (χ1v) is 7.05. The van der Waals surface area contributed by atoms with E-state index in [9.17, 15) is 13.2 Å². The Balaban J connectivity index is 1.96. The van der Waals surface area contributed by atoms with Crippen LogP contribution >= 0.6 is 11.3 Å². The van der Waals surface area contributed by atoms with Gasteiger partial charge in [0.1, 0.15) is 0 Å². The van der Waals surface area contributed by atoms with Gasteiger partial charge < -0.3 is 5.73 Å². The summed E-state index contributed by atoms with van der Waals surface area (Å²) in [5.74, 6) is 0. The molecule has 0 spiro atoms. The number of nitrogens with zero attached hydrogens (tertiary/aromatic N) is 1. The average Bonchev–Trinajstić information content (AvgIpc) is 2.81. The highest BCUT2D eigenvalue weighted by Crippen LogP contribution is 2.33.